The van der Waals surface area contributed by atoms with Crippen molar-refractivity contribution < 1.29 is 14.2 Å². The maximum Gasteiger partial charge on any atom is 0.166 e. The van der Waals surface area contributed by atoms with Crippen molar-refractivity contribution in [1.29, 1.82) is 0 Å². The van der Waals surface area contributed by atoms with Gasteiger partial charge in [-0.25, -0.2) is 0 Å². The summed E-state index contributed by atoms with van der Waals surface area (Å²) in [6, 6.07) is 5.99. The second kappa shape index (κ2) is 5.02. The zero-order chi connectivity index (χ0) is 13.3. The molecule has 4 heteroatoms. The number of rotatable bonds is 4. The Labute approximate surface area is 113 Å². The number of para-hydroxylation sites is 1. The van der Waals surface area contributed by atoms with Crippen LogP contribution in [-0.2, 0) is 10.3 Å². The van der Waals surface area contributed by atoms with Gasteiger partial charge < -0.3 is 19.9 Å². The van der Waals surface area contributed by atoms with Gasteiger partial charge in [0.2, 0.25) is 0 Å². The summed E-state index contributed by atoms with van der Waals surface area (Å²) in [5.41, 5.74) is 7.38. The Balaban J connectivity index is 1.96. The maximum atomic E-state index is 6.57. The lowest BCUT2D eigenvalue weighted by atomic mass is 9.88. The van der Waals surface area contributed by atoms with E-state index in [0.29, 0.717) is 13.2 Å². The van der Waals surface area contributed by atoms with Crippen LogP contribution in [0.1, 0.15) is 31.2 Å². The average molecular weight is 263 g/mol. The predicted octanol–water partition coefficient (Wildman–Crippen LogP) is 2.20. The van der Waals surface area contributed by atoms with Gasteiger partial charge in [0.25, 0.3) is 0 Å². The van der Waals surface area contributed by atoms with E-state index in [9.17, 15) is 0 Å². The van der Waals surface area contributed by atoms with Crippen LogP contribution in [-0.4, -0.2) is 26.4 Å². The van der Waals surface area contributed by atoms with Gasteiger partial charge in [-0.2, -0.15) is 0 Å². The summed E-state index contributed by atoms with van der Waals surface area (Å²) < 4.78 is 16.7. The molecule has 1 aliphatic heterocycles. The molecule has 1 saturated carbocycles. The highest BCUT2D eigenvalue weighted by molar-refractivity contribution is 5.50. The van der Waals surface area contributed by atoms with E-state index in [1.54, 1.807) is 7.11 Å². The van der Waals surface area contributed by atoms with Gasteiger partial charge in [0.05, 0.1) is 20.3 Å². The Kier molecular flexibility index (Phi) is 3.37. The van der Waals surface area contributed by atoms with Crippen molar-refractivity contribution in [2.45, 2.75) is 37.3 Å². The van der Waals surface area contributed by atoms with Crippen molar-refractivity contribution >= 4 is 0 Å². The van der Waals surface area contributed by atoms with Gasteiger partial charge >= 0.3 is 0 Å². The average Bonchev–Trinajstić information content (AvgIpc) is 2.81. The normalized spacial score (nSPS) is 22.0. The largest absolute Gasteiger partial charge is 0.493 e. The highest BCUT2D eigenvalue weighted by Gasteiger charge is 2.36. The molecule has 1 heterocycles. The summed E-state index contributed by atoms with van der Waals surface area (Å²) in [6.07, 6.45) is 4.51. The van der Waals surface area contributed by atoms with Crippen LogP contribution in [0.15, 0.2) is 18.2 Å². The first kappa shape index (κ1) is 12.8. The summed E-state index contributed by atoms with van der Waals surface area (Å²) in [6.45, 7) is 1.30. The van der Waals surface area contributed by atoms with E-state index in [0.717, 1.165) is 29.9 Å². The van der Waals surface area contributed by atoms with Crippen molar-refractivity contribution in [2.24, 2.45) is 5.73 Å². The molecule has 19 heavy (non-hydrogen) atoms. The lowest BCUT2D eigenvalue weighted by Crippen LogP contribution is -2.40. The number of hydrogen-bond acceptors (Lipinski definition) is 4. The third-order valence-corrected chi connectivity index (χ3v) is 4.12. The highest BCUT2D eigenvalue weighted by atomic mass is 16.6. The summed E-state index contributed by atoms with van der Waals surface area (Å²) in [5, 5.41) is 0. The zero-order valence-electron chi connectivity index (χ0n) is 11.4. The number of nitrogens with two attached hydrogens (primary N) is 1. The molecule has 0 atom stereocenters. The van der Waals surface area contributed by atoms with Crippen LogP contribution in [0.4, 0.5) is 0 Å². The van der Waals surface area contributed by atoms with Crippen LogP contribution in [0.3, 0.4) is 0 Å². The molecule has 0 spiro atoms. The third-order valence-electron chi connectivity index (χ3n) is 4.12. The summed E-state index contributed by atoms with van der Waals surface area (Å²) in [4.78, 5) is 0. The van der Waals surface area contributed by atoms with Gasteiger partial charge in [-0.05, 0) is 18.9 Å². The van der Waals surface area contributed by atoms with Gasteiger partial charge in [-0.15, -0.1) is 0 Å². The molecule has 0 unspecified atom stereocenters. The van der Waals surface area contributed by atoms with E-state index in [1.807, 2.05) is 12.1 Å². The molecule has 1 aromatic rings. The standard InChI is InChI=1S/C15H21NO3/c1-17-13-6-4-5-12(15(16)7-2-3-8-15)14(13)19-11-9-18-10-11/h4-6,11H,2-3,7-10,16H2,1H3. The molecule has 0 aromatic heterocycles. The SMILES string of the molecule is COc1cccc(C2(N)CCCC2)c1OC1COC1. The molecule has 2 N–H and O–H groups in total. The summed E-state index contributed by atoms with van der Waals surface area (Å²) in [5.74, 6) is 1.57. The quantitative estimate of drug-likeness (QED) is 0.904. The monoisotopic (exact) mass is 263 g/mol. The van der Waals surface area contributed by atoms with E-state index in [-0.39, 0.29) is 11.6 Å². The minimum atomic E-state index is -0.269. The van der Waals surface area contributed by atoms with Crippen LogP contribution < -0.4 is 15.2 Å². The molecule has 1 aromatic carbocycles. The lowest BCUT2D eigenvalue weighted by Gasteiger charge is -2.32. The smallest absolute Gasteiger partial charge is 0.166 e. The predicted molar refractivity (Wildman–Crippen MR) is 72.6 cm³/mol. The molecule has 1 aliphatic carbocycles. The van der Waals surface area contributed by atoms with Crippen LogP contribution in [0.2, 0.25) is 0 Å². The number of hydrogen-bond donors (Lipinski definition) is 1. The molecule has 1 saturated heterocycles. The van der Waals surface area contributed by atoms with Crippen LogP contribution >= 0.6 is 0 Å². The van der Waals surface area contributed by atoms with Crippen molar-refractivity contribution in [3.63, 3.8) is 0 Å². The molecule has 104 valence electrons. The van der Waals surface area contributed by atoms with E-state index >= 15 is 0 Å². The van der Waals surface area contributed by atoms with Crippen LogP contribution in [0, 0.1) is 0 Å². The summed E-state index contributed by atoms with van der Waals surface area (Å²) >= 11 is 0. The second-order valence-corrected chi connectivity index (χ2v) is 5.48. The van der Waals surface area contributed by atoms with Gasteiger partial charge in [0.15, 0.2) is 11.5 Å². The van der Waals surface area contributed by atoms with E-state index in [4.69, 9.17) is 19.9 Å². The molecule has 2 fully saturated rings. The molecular formula is C15H21NO3. The Hall–Kier alpha value is -1.26. The molecule has 2 aliphatic rings. The first-order valence-corrected chi connectivity index (χ1v) is 6.94. The Bertz CT molecular complexity index is 451. The first-order valence-electron chi connectivity index (χ1n) is 6.94. The fourth-order valence-electron chi connectivity index (χ4n) is 2.91. The van der Waals surface area contributed by atoms with Crippen molar-refractivity contribution in [2.75, 3.05) is 20.3 Å². The van der Waals surface area contributed by atoms with Gasteiger partial charge in [-0.3, -0.25) is 0 Å². The maximum absolute atomic E-state index is 6.57. The number of ether oxygens (including phenoxy) is 3. The first-order chi connectivity index (χ1) is 9.23. The lowest BCUT2D eigenvalue weighted by molar-refractivity contribution is -0.0809. The minimum Gasteiger partial charge on any atom is -0.493 e. The third kappa shape index (κ3) is 2.30. The highest BCUT2D eigenvalue weighted by Crippen LogP contribution is 2.44. The van der Waals surface area contributed by atoms with Gasteiger partial charge in [-0.1, -0.05) is 25.0 Å². The molecule has 0 bridgehead atoms. The van der Waals surface area contributed by atoms with Crippen molar-refractivity contribution in [1.82, 2.24) is 0 Å². The molecule has 0 radical (unpaired) electrons. The van der Waals surface area contributed by atoms with E-state index < -0.39 is 0 Å². The van der Waals surface area contributed by atoms with Crippen LogP contribution in [0.5, 0.6) is 11.5 Å². The zero-order valence-corrected chi connectivity index (χ0v) is 11.4. The summed E-state index contributed by atoms with van der Waals surface area (Å²) in [7, 11) is 1.67. The van der Waals surface area contributed by atoms with Crippen molar-refractivity contribution in [3.8, 4) is 11.5 Å². The molecule has 0 amide bonds. The number of methoxy groups -OCH3 is 1. The second-order valence-electron chi connectivity index (χ2n) is 5.48. The van der Waals surface area contributed by atoms with Crippen LogP contribution in [0.25, 0.3) is 0 Å². The van der Waals surface area contributed by atoms with E-state index in [2.05, 4.69) is 6.07 Å². The van der Waals surface area contributed by atoms with E-state index in [1.165, 1.54) is 12.8 Å². The molecule has 3 rings (SSSR count). The number of benzene rings is 1. The van der Waals surface area contributed by atoms with Crippen molar-refractivity contribution in [3.05, 3.63) is 23.8 Å². The Morgan fingerprint density at radius 3 is 2.58 bits per heavy atom. The molecule has 4 nitrogen and oxygen atoms in total. The Morgan fingerprint density at radius 1 is 1.26 bits per heavy atom. The topological polar surface area (TPSA) is 53.7 Å². The minimum absolute atomic E-state index is 0.125. The Morgan fingerprint density at radius 2 is 2.00 bits per heavy atom. The van der Waals surface area contributed by atoms with Gasteiger partial charge in [0, 0.05) is 11.1 Å². The fourth-order valence-corrected chi connectivity index (χ4v) is 2.91. The van der Waals surface area contributed by atoms with Gasteiger partial charge in [0.1, 0.15) is 6.10 Å². The molecular weight excluding hydrogens is 242 g/mol. The fraction of sp³-hybridized carbons (Fsp3) is 0.600.